The number of alkyl halides is 3. The maximum atomic E-state index is 5.69. The zero-order valence-corrected chi connectivity index (χ0v) is 16.3. The fourth-order valence-corrected chi connectivity index (χ4v) is 1.40. The molecule has 0 saturated carbocycles. The van der Waals surface area contributed by atoms with Crippen LogP contribution in [0.4, 0.5) is 0 Å². The maximum Gasteiger partial charge on any atom is 0.640 e. The predicted molar refractivity (Wildman–Crippen MR) is 94.1 cm³/mol. The van der Waals surface area contributed by atoms with E-state index in [1.54, 1.807) is 0 Å². The molecule has 0 aliphatic carbocycles. The number of hydrogen-bond donors (Lipinski definition) is 0. The first-order chi connectivity index (χ1) is 7.53. The highest BCUT2D eigenvalue weighted by Crippen LogP contribution is 2.09. The van der Waals surface area contributed by atoms with Crippen LogP contribution in [-0.2, 0) is 14.0 Å². The Morgan fingerprint density at radius 1 is 0.750 bits per heavy atom. The van der Waals surface area contributed by atoms with E-state index in [2.05, 4.69) is 67.8 Å². The van der Waals surface area contributed by atoms with Crippen molar-refractivity contribution in [1.29, 1.82) is 0 Å². The van der Waals surface area contributed by atoms with E-state index in [-0.39, 0.29) is 18.3 Å². The molecule has 0 spiro atoms. The Hall–Kier alpha value is 2.13. The van der Waals surface area contributed by atoms with Gasteiger partial charge in [0, 0.05) is 13.3 Å². The first-order valence-corrected chi connectivity index (χ1v) is 9.75. The Morgan fingerprint density at radius 3 is 1.19 bits per heavy atom. The summed E-state index contributed by atoms with van der Waals surface area (Å²) in [5.41, 5.74) is 0. The molecule has 7 heteroatoms. The summed E-state index contributed by atoms with van der Waals surface area (Å²) in [5.74, 6) is 0. The van der Waals surface area contributed by atoms with Gasteiger partial charge in [-0.1, -0.05) is 67.8 Å². The van der Waals surface area contributed by atoms with Crippen LogP contribution < -0.4 is 0 Å². The highest BCUT2D eigenvalue weighted by atomic mass is 127. The smallest absolute Gasteiger partial charge is 0.383 e. The van der Waals surface area contributed by atoms with E-state index in [1.807, 2.05) is 20.8 Å². The van der Waals surface area contributed by atoms with Crippen molar-refractivity contribution < 1.29 is 14.0 Å². The third-order valence-electron chi connectivity index (χ3n) is 1.68. The van der Waals surface area contributed by atoms with Crippen molar-refractivity contribution in [2.24, 2.45) is 0 Å². The van der Waals surface area contributed by atoms with Crippen molar-refractivity contribution in [1.82, 2.24) is 0 Å². The van der Waals surface area contributed by atoms with E-state index >= 15 is 0 Å². The normalized spacial score (nSPS) is 16.9. The third-order valence-corrected chi connectivity index (χ3v) is 5.40. The zero-order valence-electron chi connectivity index (χ0n) is 9.79. The summed E-state index contributed by atoms with van der Waals surface area (Å²) in [7, 11) is -0.542. The minimum Gasteiger partial charge on any atom is -0.383 e. The van der Waals surface area contributed by atoms with Gasteiger partial charge in [-0.05, 0) is 20.8 Å². The SMILES string of the molecule is CC(CI)OB(OC(C)CI)OC(C)CI. The minimum absolute atomic E-state index is 0.147. The Labute approximate surface area is 140 Å². The standard InChI is InChI=1S/C9H18BI3O3/c1-7(4-11)14-10(15-8(2)5-12)16-9(3)6-13/h7-9H,4-6H2,1-3H3. The third kappa shape index (κ3) is 9.12. The number of rotatable bonds is 9. The highest BCUT2D eigenvalue weighted by Gasteiger charge is 2.28. The van der Waals surface area contributed by atoms with Crippen LogP contribution in [0.1, 0.15) is 20.8 Å². The molecule has 96 valence electrons. The summed E-state index contributed by atoms with van der Waals surface area (Å²) in [5, 5.41) is 0. The molecule has 0 aromatic rings. The van der Waals surface area contributed by atoms with E-state index in [0.717, 1.165) is 13.3 Å². The van der Waals surface area contributed by atoms with Crippen LogP contribution in [0.3, 0.4) is 0 Å². The van der Waals surface area contributed by atoms with Crippen molar-refractivity contribution in [3.8, 4) is 0 Å². The number of hydrogen-bond acceptors (Lipinski definition) is 3. The summed E-state index contributed by atoms with van der Waals surface area (Å²) in [6, 6.07) is 0. The Kier molecular flexibility index (Phi) is 12.5. The second-order valence-electron chi connectivity index (χ2n) is 3.59. The molecule has 0 aromatic heterocycles. The van der Waals surface area contributed by atoms with E-state index in [0.29, 0.717) is 0 Å². The quantitative estimate of drug-likeness (QED) is 0.244. The van der Waals surface area contributed by atoms with Gasteiger partial charge in [0.05, 0.1) is 18.3 Å². The lowest BCUT2D eigenvalue weighted by Gasteiger charge is -2.22. The van der Waals surface area contributed by atoms with Gasteiger partial charge in [-0.15, -0.1) is 0 Å². The van der Waals surface area contributed by atoms with Gasteiger partial charge >= 0.3 is 7.32 Å². The summed E-state index contributed by atoms with van der Waals surface area (Å²) < 4.78 is 19.8. The molecule has 3 nitrogen and oxygen atoms in total. The summed E-state index contributed by atoms with van der Waals surface area (Å²) in [4.78, 5) is 0. The van der Waals surface area contributed by atoms with Crippen LogP contribution in [0.5, 0.6) is 0 Å². The predicted octanol–water partition coefficient (Wildman–Crippen LogP) is 3.49. The fraction of sp³-hybridized carbons (Fsp3) is 1.00. The van der Waals surface area contributed by atoms with Crippen molar-refractivity contribution in [3.05, 3.63) is 0 Å². The molecule has 0 saturated heterocycles. The van der Waals surface area contributed by atoms with Crippen LogP contribution in [0, 0.1) is 0 Å². The lowest BCUT2D eigenvalue weighted by Crippen LogP contribution is -2.38. The van der Waals surface area contributed by atoms with Gasteiger partial charge in [0.25, 0.3) is 0 Å². The Morgan fingerprint density at radius 2 is 1.00 bits per heavy atom. The molecular weight excluding hydrogens is 548 g/mol. The lowest BCUT2D eigenvalue weighted by atomic mass is 10.2. The van der Waals surface area contributed by atoms with Gasteiger partial charge in [0.1, 0.15) is 0 Å². The molecule has 3 atom stereocenters. The summed E-state index contributed by atoms with van der Waals surface area (Å²) >= 11 is 6.88. The number of halogens is 3. The molecule has 0 fully saturated rings. The van der Waals surface area contributed by atoms with Gasteiger partial charge in [-0.3, -0.25) is 0 Å². The van der Waals surface area contributed by atoms with E-state index in [9.17, 15) is 0 Å². The first-order valence-electron chi connectivity index (χ1n) is 5.17. The first kappa shape index (κ1) is 18.1. The van der Waals surface area contributed by atoms with Crippen LogP contribution >= 0.6 is 67.8 Å². The molecule has 0 N–H and O–H groups in total. The van der Waals surface area contributed by atoms with Gasteiger partial charge in [0.15, 0.2) is 0 Å². The molecule has 0 bridgehead atoms. The topological polar surface area (TPSA) is 27.7 Å². The van der Waals surface area contributed by atoms with Crippen molar-refractivity contribution in [3.63, 3.8) is 0 Å². The molecule has 16 heavy (non-hydrogen) atoms. The van der Waals surface area contributed by atoms with Gasteiger partial charge in [-0.25, -0.2) is 0 Å². The van der Waals surface area contributed by atoms with Crippen molar-refractivity contribution in [2.75, 3.05) is 13.3 Å². The average Bonchev–Trinajstić information content (AvgIpc) is 2.28. The summed E-state index contributed by atoms with van der Waals surface area (Å²) in [6.45, 7) is 6.07. The Bertz CT molecular complexity index is 148. The molecule has 0 aliphatic heterocycles. The summed E-state index contributed by atoms with van der Waals surface area (Å²) in [6.07, 6.45) is 0.440. The molecular formula is C9H18BI3O3. The van der Waals surface area contributed by atoms with Crippen molar-refractivity contribution in [2.45, 2.75) is 39.1 Å². The van der Waals surface area contributed by atoms with Crippen LogP contribution in [0.2, 0.25) is 0 Å². The Balaban J connectivity index is 4.15. The van der Waals surface area contributed by atoms with Crippen molar-refractivity contribution >= 4 is 75.1 Å². The van der Waals surface area contributed by atoms with Crippen LogP contribution in [0.15, 0.2) is 0 Å². The second kappa shape index (κ2) is 11.0. The molecule has 0 heterocycles. The van der Waals surface area contributed by atoms with Crippen LogP contribution in [0.25, 0.3) is 0 Å². The lowest BCUT2D eigenvalue weighted by molar-refractivity contribution is 0.0386. The second-order valence-corrected chi connectivity index (χ2v) is 6.23. The van der Waals surface area contributed by atoms with E-state index in [1.165, 1.54) is 0 Å². The molecule has 3 unspecified atom stereocenters. The minimum atomic E-state index is -0.542. The fourth-order valence-electron chi connectivity index (χ4n) is 0.774. The largest absolute Gasteiger partial charge is 0.640 e. The van der Waals surface area contributed by atoms with Gasteiger partial charge in [-0.2, -0.15) is 0 Å². The van der Waals surface area contributed by atoms with E-state index in [4.69, 9.17) is 14.0 Å². The molecule has 0 aromatic carbocycles. The molecule has 0 rings (SSSR count). The van der Waals surface area contributed by atoms with Crippen LogP contribution in [-0.4, -0.2) is 38.9 Å². The highest BCUT2D eigenvalue weighted by molar-refractivity contribution is 14.1. The molecule has 0 amide bonds. The van der Waals surface area contributed by atoms with E-state index < -0.39 is 7.32 Å². The zero-order chi connectivity index (χ0) is 12.6. The maximum absolute atomic E-state index is 5.69. The van der Waals surface area contributed by atoms with Gasteiger partial charge in [0.2, 0.25) is 0 Å². The monoisotopic (exact) mass is 566 g/mol. The average molecular weight is 566 g/mol. The molecule has 0 radical (unpaired) electrons. The molecule has 0 aliphatic rings. The van der Waals surface area contributed by atoms with Gasteiger partial charge < -0.3 is 14.0 Å².